The summed E-state index contributed by atoms with van der Waals surface area (Å²) < 4.78 is 5.01. The summed E-state index contributed by atoms with van der Waals surface area (Å²) >= 11 is 0. The smallest absolute Gasteiger partial charge is 0.0626 e. The number of para-hydroxylation sites is 2. The molecule has 0 radical (unpaired) electrons. The van der Waals surface area contributed by atoms with Crippen molar-refractivity contribution in [3.8, 4) is 67.0 Å². The van der Waals surface area contributed by atoms with E-state index < -0.39 is 0 Å². The van der Waals surface area contributed by atoms with Gasteiger partial charge in [-0.1, -0.05) is 398 Å². The number of nitrogens with zero attached hydrogens (tertiary/aromatic N) is 4. The lowest BCUT2D eigenvalue weighted by Gasteiger charge is -2.29. The van der Waals surface area contributed by atoms with Gasteiger partial charge in [0.2, 0.25) is 0 Å². The van der Waals surface area contributed by atoms with Gasteiger partial charge in [-0.15, -0.1) is 0 Å². The number of rotatable bonds is 11. The van der Waals surface area contributed by atoms with Gasteiger partial charge in [0.1, 0.15) is 0 Å². The van der Waals surface area contributed by atoms with Crippen molar-refractivity contribution in [2.45, 2.75) is 38.5 Å². The third-order valence-electron chi connectivity index (χ3n) is 31.0. The maximum atomic E-state index is 2.51. The summed E-state index contributed by atoms with van der Waals surface area (Å²) in [7, 11) is 0. The molecule has 27 aromatic rings. The molecule has 0 spiro atoms. The minimum absolute atomic E-state index is 0.123. The number of fused-ring (bicyclic) bond motifs is 31. The van der Waals surface area contributed by atoms with Crippen molar-refractivity contribution in [1.29, 1.82) is 0 Å². The van der Waals surface area contributed by atoms with Crippen molar-refractivity contribution in [2.75, 3.05) is 9.80 Å². The number of hydrogen-bond donors (Lipinski definition) is 0. The molecule has 0 bridgehead atoms. The molecule has 0 unspecified atom stereocenters. The fourth-order valence-corrected chi connectivity index (χ4v) is 24.5. The van der Waals surface area contributed by atoms with Gasteiger partial charge in [0.25, 0.3) is 0 Å². The molecular weight excluding hydrogens is 1690 g/mol. The molecule has 29 rings (SSSR count). The zero-order valence-corrected chi connectivity index (χ0v) is 78.0. The first kappa shape index (κ1) is 80.7. The minimum atomic E-state index is -0.138. The Kier molecular flexibility index (Phi) is 18.1. The summed E-state index contributed by atoms with van der Waals surface area (Å²) in [6.45, 7) is 9.47. The standard InChI is InChI=1S/C69H46N2.C67H46N2/c1-69(2)62-29-15-13-24-54(62)55-38-37-49(41-63(55)69)70(65-40-46-19-5-6-20-50(46)51-21-7-10-25-56(51)65)47-34-32-44(33-35-47)60-42-61-53-23-9-12-27-58(53)68-67(66(61)57-26-11-8-22-52(57)60)59-28-14-16-30-64(59)71(68)48-36-31-43-17-3-4-18-45(43)39-48;1-67(2)61-29-14-12-25-54(61)55-38-37-51(41-62(55)67)68(49-22-16-21-47(39-49)43-17-4-3-5-18-43)48-34-32-45(33-35-48)59-42-60-53-24-9-11-27-57(53)66-65(64(60)56-26-10-8-23-52(56)59)58-28-13-15-30-63(58)69(66)50-36-31-44-19-6-7-20-46(44)40-50/h3-42H,1-2H3;3-42H,1-2H3. The predicted octanol–water partition coefficient (Wildman–Crippen LogP) is 37.7. The molecule has 0 amide bonds. The summed E-state index contributed by atoms with van der Waals surface area (Å²) in [6, 6.07) is 181. The van der Waals surface area contributed by atoms with E-state index in [1.165, 1.54) is 241 Å². The third-order valence-corrected chi connectivity index (χ3v) is 31.0. The van der Waals surface area contributed by atoms with E-state index >= 15 is 0 Å². The van der Waals surface area contributed by atoms with Crippen LogP contribution in [0.3, 0.4) is 0 Å². The normalized spacial score (nSPS) is 13.0. The molecule has 656 valence electrons. The molecule has 0 saturated heterocycles. The Morgan fingerprint density at radius 3 is 1.03 bits per heavy atom. The number of aromatic nitrogens is 2. The molecule has 4 heteroatoms. The van der Waals surface area contributed by atoms with E-state index in [0.29, 0.717) is 0 Å². The maximum absolute atomic E-state index is 2.51. The molecule has 2 aliphatic rings. The van der Waals surface area contributed by atoms with Gasteiger partial charge >= 0.3 is 0 Å². The lowest BCUT2D eigenvalue weighted by atomic mass is 9.82. The first-order valence-corrected chi connectivity index (χ1v) is 48.9. The molecule has 0 fully saturated rings. The van der Waals surface area contributed by atoms with E-state index in [-0.39, 0.29) is 10.8 Å². The van der Waals surface area contributed by atoms with Crippen LogP contribution in [0.4, 0.5) is 34.1 Å². The minimum Gasteiger partial charge on any atom is -0.310 e. The second-order valence-electron chi connectivity index (χ2n) is 39.2. The third kappa shape index (κ3) is 12.4. The monoisotopic (exact) mass is 1780 g/mol. The first-order valence-electron chi connectivity index (χ1n) is 48.9. The Morgan fingerprint density at radius 2 is 0.529 bits per heavy atom. The number of benzene rings is 25. The van der Waals surface area contributed by atoms with Crippen molar-refractivity contribution in [2.24, 2.45) is 0 Å². The summed E-state index contributed by atoms with van der Waals surface area (Å²) in [5, 5.41) is 30.1. The lowest BCUT2D eigenvalue weighted by Crippen LogP contribution is -2.16. The number of anilines is 6. The summed E-state index contributed by atoms with van der Waals surface area (Å²) in [4.78, 5) is 4.93. The topological polar surface area (TPSA) is 16.3 Å². The van der Waals surface area contributed by atoms with Crippen LogP contribution >= 0.6 is 0 Å². The van der Waals surface area contributed by atoms with E-state index in [9.17, 15) is 0 Å². The first-order chi connectivity index (χ1) is 69.0. The van der Waals surface area contributed by atoms with Crippen molar-refractivity contribution in [1.82, 2.24) is 9.13 Å². The van der Waals surface area contributed by atoms with Crippen molar-refractivity contribution in [3.05, 3.63) is 508 Å². The second-order valence-corrected chi connectivity index (χ2v) is 39.2. The average molecular weight is 1780 g/mol. The van der Waals surface area contributed by atoms with Crippen LogP contribution in [0.2, 0.25) is 0 Å². The Labute approximate surface area is 811 Å². The fourth-order valence-electron chi connectivity index (χ4n) is 24.5. The Morgan fingerprint density at radius 1 is 0.171 bits per heavy atom. The fraction of sp³-hybridized carbons (Fsp3) is 0.0441. The van der Waals surface area contributed by atoms with E-state index in [2.05, 4.69) is 532 Å². The van der Waals surface area contributed by atoms with Crippen molar-refractivity contribution < 1.29 is 0 Å². The summed E-state index contributed by atoms with van der Waals surface area (Å²) in [5.74, 6) is 0. The summed E-state index contributed by atoms with van der Waals surface area (Å²) in [6.07, 6.45) is 0. The molecule has 25 aromatic carbocycles. The highest BCUT2D eigenvalue weighted by molar-refractivity contribution is 6.40. The molecular formula is C136H92N4. The van der Waals surface area contributed by atoms with Gasteiger partial charge in [-0.3, -0.25) is 0 Å². The highest BCUT2D eigenvalue weighted by Gasteiger charge is 2.39. The molecule has 0 atom stereocenters. The molecule has 2 aromatic heterocycles. The molecule has 0 N–H and O–H groups in total. The molecule has 2 aliphatic carbocycles. The van der Waals surface area contributed by atoms with Gasteiger partial charge in [0, 0.05) is 99.1 Å². The highest BCUT2D eigenvalue weighted by atomic mass is 15.2. The highest BCUT2D eigenvalue weighted by Crippen LogP contribution is 2.57. The van der Waals surface area contributed by atoms with E-state index in [1.54, 1.807) is 0 Å². The molecule has 4 nitrogen and oxygen atoms in total. The van der Waals surface area contributed by atoms with Gasteiger partial charge in [-0.2, -0.15) is 0 Å². The zero-order valence-electron chi connectivity index (χ0n) is 78.0. The number of hydrogen-bond acceptors (Lipinski definition) is 2. The Bertz CT molecular complexity index is 9900. The van der Waals surface area contributed by atoms with Gasteiger partial charge in [-0.25, -0.2) is 0 Å². The van der Waals surface area contributed by atoms with Gasteiger partial charge < -0.3 is 18.9 Å². The van der Waals surface area contributed by atoms with Crippen molar-refractivity contribution in [3.63, 3.8) is 0 Å². The van der Waals surface area contributed by atoms with Crippen molar-refractivity contribution >= 4 is 185 Å². The van der Waals surface area contributed by atoms with Crippen LogP contribution in [-0.2, 0) is 10.8 Å². The van der Waals surface area contributed by atoms with Gasteiger partial charge in [-0.05, 0) is 274 Å². The van der Waals surface area contributed by atoms with Crippen LogP contribution in [-0.4, -0.2) is 9.13 Å². The quantitative estimate of drug-likeness (QED) is 0.120. The molecule has 0 saturated carbocycles. The Balaban J connectivity index is 0.000000137. The van der Waals surface area contributed by atoms with Gasteiger partial charge in [0.05, 0.1) is 27.8 Å². The van der Waals surface area contributed by atoms with Crippen LogP contribution in [0, 0.1) is 0 Å². The second kappa shape index (κ2) is 31.4. The largest absolute Gasteiger partial charge is 0.310 e. The maximum Gasteiger partial charge on any atom is 0.0626 e. The van der Waals surface area contributed by atoms with Crippen LogP contribution in [0.1, 0.15) is 49.9 Å². The van der Waals surface area contributed by atoms with Crippen LogP contribution in [0.15, 0.2) is 485 Å². The van der Waals surface area contributed by atoms with Crippen LogP contribution in [0.5, 0.6) is 0 Å². The average Bonchev–Trinajstić information content (AvgIpc) is 1.54. The van der Waals surface area contributed by atoms with Crippen LogP contribution in [0.25, 0.3) is 218 Å². The van der Waals surface area contributed by atoms with E-state index in [1.807, 2.05) is 0 Å². The lowest BCUT2D eigenvalue weighted by molar-refractivity contribution is 0.660. The molecule has 0 aliphatic heterocycles. The SMILES string of the molecule is CC1(C)c2ccccc2-c2ccc(N(c3ccc(-c4cc5c6ccccc6c6c(c7ccccc7n6-c6ccc7ccccc7c6)c5c5ccccc45)cc3)c3cc4ccccc4c4ccccc34)cc21.CC1(C)c2ccccc2-c2ccc(N(c3ccc(-c4cc5c6ccccc6c6c(c7ccccc7n6-c6ccc7ccccc7c6)c5c5ccccc45)cc3)c3cccc(-c4ccccc4)c3)cc21. The zero-order chi connectivity index (χ0) is 92.7. The van der Waals surface area contributed by atoms with E-state index in [0.717, 1.165) is 34.1 Å². The molecule has 2 heterocycles. The summed E-state index contributed by atoms with van der Waals surface area (Å²) in [5.41, 5.74) is 31.7. The molecule has 140 heavy (non-hydrogen) atoms. The van der Waals surface area contributed by atoms with E-state index in [4.69, 9.17) is 0 Å². The Hall–Kier alpha value is -17.7. The van der Waals surface area contributed by atoms with Gasteiger partial charge in [0.15, 0.2) is 0 Å². The van der Waals surface area contributed by atoms with Crippen LogP contribution < -0.4 is 9.80 Å². The predicted molar refractivity (Wildman–Crippen MR) is 597 cm³/mol.